The number of nitrogens with zero attached hydrogens (tertiary/aromatic N) is 1. The molecule has 0 unspecified atom stereocenters. The predicted molar refractivity (Wildman–Crippen MR) is 70.2 cm³/mol. The predicted octanol–water partition coefficient (Wildman–Crippen LogP) is 2.92. The van der Waals surface area contributed by atoms with Crippen molar-refractivity contribution in [2.45, 2.75) is 25.8 Å². The topological polar surface area (TPSA) is 46.6 Å². The van der Waals surface area contributed by atoms with Crippen LogP contribution >= 0.6 is 15.9 Å². The van der Waals surface area contributed by atoms with Gasteiger partial charge in [-0.25, -0.2) is 9.69 Å². The number of amides is 2. The highest BCUT2D eigenvalue weighted by molar-refractivity contribution is 9.10. The maximum atomic E-state index is 12.3. The first-order valence-electron chi connectivity index (χ1n) is 5.76. The first-order valence-corrected chi connectivity index (χ1v) is 6.55. The third-order valence-corrected chi connectivity index (χ3v) is 3.54. The molecule has 1 heterocycles. The number of halogens is 1. The molecule has 2 atom stereocenters. The van der Waals surface area contributed by atoms with Crippen LogP contribution in [0.4, 0.5) is 4.79 Å². The van der Waals surface area contributed by atoms with Gasteiger partial charge in [-0.1, -0.05) is 28.1 Å². The number of ether oxygens (including phenoxy) is 1. The molecule has 0 spiro atoms. The van der Waals surface area contributed by atoms with E-state index in [1.807, 2.05) is 24.3 Å². The standard InChI is InChI=1S/C13H14BrNO3/c1-8-7-18-13(17)15(8)12(16)9(2)10-4-3-5-11(14)6-10/h3-6,8-9H,7H2,1-2H3/t8-,9-/m0/s1. The average molecular weight is 312 g/mol. The molecule has 4 nitrogen and oxygen atoms in total. The number of hydrogen-bond acceptors (Lipinski definition) is 3. The van der Waals surface area contributed by atoms with Crippen LogP contribution in [0.25, 0.3) is 0 Å². The zero-order valence-electron chi connectivity index (χ0n) is 10.2. The van der Waals surface area contributed by atoms with Gasteiger partial charge in [0.25, 0.3) is 0 Å². The number of carbonyl (C=O) groups is 2. The van der Waals surface area contributed by atoms with Gasteiger partial charge in [0, 0.05) is 4.47 Å². The van der Waals surface area contributed by atoms with E-state index in [9.17, 15) is 9.59 Å². The Balaban J connectivity index is 2.21. The Kier molecular flexibility index (Phi) is 3.71. The van der Waals surface area contributed by atoms with Crippen molar-refractivity contribution in [2.24, 2.45) is 0 Å². The summed E-state index contributed by atoms with van der Waals surface area (Å²) < 4.78 is 5.78. The minimum atomic E-state index is -0.547. The third kappa shape index (κ3) is 2.41. The Morgan fingerprint density at radius 1 is 1.56 bits per heavy atom. The molecule has 0 bridgehead atoms. The zero-order chi connectivity index (χ0) is 13.3. The second kappa shape index (κ2) is 5.10. The summed E-state index contributed by atoms with van der Waals surface area (Å²) in [5.41, 5.74) is 0.876. The number of imide groups is 1. The van der Waals surface area contributed by atoms with Crippen molar-refractivity contribution < 1.29 is 14.3 Å². The smallest absolute Gasteiger partial charge is 0.416 e. The molecule has 18 heavy (non-hydrogen) atoms. The Morgan fingerprint density at radius 2 is 2.28 bits per heavy atom. The molecule has 1 fully saturated rings. The lowest BCUT2D eigenvalue weighted by Gasteiger charge is -2.20. The summed E-state index contributed by atoms with van der Waals surface area (Å²) in [7, 11) is 0. The number of cyclic esters (lactones) is 1. The molecule has 0 aromatic heterocycles. The van der Waals surface area contributed by atoms with Crippen molar-refractivity contribution in [3.05, 3.63) is 34.3 Å². The van der Waals surface area contributed by atoms with E-state index in [4.69, 9.17) is 4.74 Å². The van der Waals surface area contributed by atoms with Gasteiger partial charge in [0.1, 0.15) is 6.61 Å². The SMILES string of the molecule is C[C@H](C(=O)N1C(=O)OC[C@@H]1C)c1cccc(Br)c1. The van der Waals surface area contributed by atoms with Gasteiger partial charge in [0.2, 0.25) is 5.91 Å². The van der Waals surface area contributed by atoms with E-state index < -0.39 is 6.09 Å². The van der Waals surface area contributed by atoms with Crippen LogP contribution in [-0.4, -0.2) is 29.5 Å². The van der Waals surface area contributed by atoms with Crippen molar-refractivity contribution in [3.63, 3.8) is 0 Å². The molecule has 0 aliphatic carbocycles. The first-order chi connectivity index (χ1) is 8.50. The molecule has 1 aromatic carbocycles. The molecule has 5 heteroatoms. The highest BCUT2D eigenvalue weighted by Crippen LogP contribution is 2.24. The van der Waals surface area contributed by atoms with E-state index in [0.717, 1.165) is 10.0 Å². The quantitative estimate of drug-likeness (QED) is 0.843. The second-order valence-corrected chi connectivity index (χ2v) is 5.33. The molecule has 2 amide bonds. The number of hydrogen-bond donors (Lipinski definition) is 0. The second-order valence-electron chi connectivity index (χ2n) is 4.41. The van der Waals surface area contributed by atoms with Gasteiger partial charge in [-0.05, 0) is 31.5 Å². The molecular weight excluding hydrogens is 298 g/mol. The van der Waals surface area contributed by atoms with Crippen LogP contribution in [0.2, 0.25) is 0 Å². The molecule has 1 aliphatic heterocycles. The van der Waals surface area contributed by atoms with Crippen molar-refractivity contribution in [1.82, 2.24) is 4.90 Å². The highest BCUT2D eigenvalue weighted by atomic mass is 79.9. The van der Waals surface area contributed by atoms with E-state index in [0.29, 0.717) is 0 Å². The fraction of sp³-hybridized carbons (Fsp3) is 0.385. The monoisotopic (exact) mass is 311 g/mol. The minimum absolute atomic E-state index is 0.195. The summed E-state index contributed by atoms with van der Waals surface area (Å²) in [4.78, 5) is 25.0. The molecule has 2 rings (SSSR count). The van der Waals surface area contributed by atoms with Gasteiger partial charge in [-0.15, -0.1) is 0 Å². The van der Waals surface area contributed by atoms with E-state index in [2.05, 4.69) is 15.9 Å². The van der Waals surface area contributed by atoms with Gasteiger partial charge >= 0.3 is 6.09 Å². The van der Waals surface area contributed by atoms with E-state index in [1.54, 1.807) is 13.8 Å². The van der Waals surface area contributed by atoms with Gasteiger partial charge in [-0.2, -0.15) is 0 Å². The Labute approximate surface area is 114 Å². The van der Waals surface area contributed by atoms with E-state index >= 15 is 0 Å². The molecule has 0 radical (unpaired) electrons. The average Bonchev–Trinajstić information content (AvgIpc) is 2.67. The van der Waals surface area contributed by atoms with E-state index in [1.165, 1.54) is 4.90 Å². The lowest BCUT2D eigenvalue weighted by Crippen LogP contribution is -2.39. The maximum absolute atomic E-state index is 12.3. The van der Waals surface area contributed by atoms with Crippen molar-refractivity contribution in [1.29, 1.82) is 0 Å². The summed E-state index contributed by atoms with van der Waals surface area (Å²) >= 11 is 3.37. The number of carbonyl (C=O) groups excluding carboxylic acids is 2. The molecule has 1 saturated heterocycles. The zero-order valence-corrected chi connectivity index (χ0v) is 11.8. The Bertz CT molecular complexity index is 489. The van der Waals surface area contributed by atoms with Crippen molar-refractivity contribution in [2.75, 3.05) is 6.61 Å². The number of rotatable bonds is 2. The minimum Gasteiger partial charge on any atom is -0.447 e. The summed E-state index contributed by atoms with van der Waals surface area (Å²) in [6, 6.07) is 7.33. The summed E-state index contributed by atoms with van der Waals surface area (Å²) in [6.07, 6.45) is -0.547. The highest BCUT2D eigenvalue weighted by Gasteiger charge is 2.37. The fourth-order valence-electron chi connectivity index (χ4n) is 1.95. The Hall–Kier alpha value is -1.36. The lowest BCUT2D eigenvalue weighted by molar-refractivity contribution is -0.130. The molecule has 96 valence electrons. The van der Waals surface area contributed by atoms with Crippen LogP contribution in [0, 0.1) is 0 Å². The van der Waals surface area contributed by atoms with Crippen LogP contribution in [0.5, 0.6) is 0 Å². The maximum Gasteiger partial charge on any atom is 0.416 e. The van der Waals surface area contributed by atoms with Crippen LogP contribution in [-0.2, 0) is 9.53 Å². The largest absolute Gasteiger partial charge is 0.447 e. The third-order valence-electron chi connectivity index (χ3n) is 3.04. The normalized spacial score (nSPS) is 20.7. The van der Waals surface area contributed by atoms with E-state index in [-0.39, 0.29) is 24.5 Å². The summed E-state index contributed by atoms with van der Waals surface area (Å²) in [5.74, 6) is -0.585. The van der Waals surface area contributed by atoms with Crippen LogP contribution in [0.1, 0.15) is 25.3 Å². The van der Waals surface area contributed by atoms with Gasteiger partial charge < -0.3 is 4.74 Å². The molecule has 1 aliphatic rings. The van der Waals surface area contributed by atoms with Gasteiger partial charge in [0.05, 0.1) is 12.0 Å². The van der Waals surface area contributed by atoms with Crippen LogP contribution in [0.15, 0.2) is 28.7 Å². The first kappa shape index (κ1) is 13.1. The van der Waals surface area contributed by atoms with Crippen molar-refractivity contribution >= 4 is 27.9 Å². The van der Waals surface area contributed by atoms with Gasteiger partial charge in [0.15, 0.2) is 0 Å². The van der Waals surface area contributed by atoms with Gasteiger partial charge in [-0.3, -0.25) is 4.79 Å². The fourth-order valence-corrected chi connectivity index (χ4v) is 2.37. The molecule has 0 saturated carbocycles. The molecular formula is C13H14BrNO3. The Morgan fingerprint density at radius 3 is 2.83 bits per heavy atom. The number of benzene rings is 1. The van der Waals surface area contributed by atoms with Crippen molar-refractivity contribution in [3.8, 4) is 0 Å². The van der Waals surface area contributed by atoms with Crippen LogP contribution < -0.4 is 0 Å². The lowest BCUT2D eigenvalue weighted by atomic mass is 9.99. The molecule has 1 aromatic rings. The van der Waals surface area contributed by atoms with Crippen LogP contribution in [0.3, 0.4) is 0 Å². The molecule has 0 N–H and O–H groups in total. The summed E-state index contributed by atoms with van der Waals surface area (Å²) in [5, 5.41) is 0. The summed E-state index contributed by atoms with van der Waals surface area (Å²) in [6.45, 7) is 3.87.